The highest BCUT2D eigenvalue weighted by Gasteiger charge is 2.20. The molecule has 1 unspecified atom stereocenters. The van der Waals surface area contributed by atoms with Crippen molar-refractivity contribution in [1.82, 2.24) is 18.7 Å². The van der Waals surface area contributed by atoms with Crippen molar-refractivity contribution in [2.75, 3.05) is 0 Å². The molecule has 0 spiro atoms. The Hall–Kier alpha value is -1.89. The van der Waals surface area contributed by atoms with Gasteiger partial charge in [0, 0.05) is 20.6 Å². The third-order valence-electron chi connectivity index (χ3n) is 3.35. The standard InChI is InChI=1S/C13H21N5O2/c1-7(2)6-18-11-9(12(19)17(5)13(18)20)16(4)10(15-11)8(3)14/h7-8H,6,14H2,1-5H3. The zero-order valence-corrected chi connectivity index (χ0v) is 12.5. The summed E-state index contributed by atoms with van der Waals surface area (Å²) in [7, 11) is 3.24. The van der Waals surface area contributed by atoms with E-state index < -0.39 is 0 Å². The van der Waals surface area contributed by atoms with Gasteiger partial charge in [-0.3, -0.25) is 13.9 Å². The van der Waals surface area contributed by atoms with Gasteiger partial charge in [0.05, 0.1) is 6.04 Å². The lowest BCUT2D eigenvalue weighted by Crippen LogP contribution is -2.39. The Balaban J connectivity index is 2.95. The summed E-state index contributed by atoms with van der Waals surface area (Å²) in [6, 6.07) is -0.306. The highest BCUT2D eigenvalue weighted by molar-refractivity contribution is 5.71. The number of hydrogen-bond donors (Lipinski definition) is 1. The molecule has 1 atom stereocenters. The zero-order valence-electron chi connectivity index (χ0n) is 12.5. The minimum Gasteiger partial charge on any atom is -0.324 e. The van der Waals surface area contributed by atoms with E-state index in [0.29, 0.717) is 23.5 Å². The molecular formula is C13H21N5O2. The summed E-state index contributed by atoms with van der Waals surface area (Å²) >= 11 is 0. The molecule has 0 aliphatic carbocycles. The first kappa shape index (κ1) is 14.5. The first-order chi connectivity index (χ1) is 9.25. The molecule has 0 aromatic carbocycles. The minimum absolute atomic E-state index is 0.272. The fourth-order valence-electron chi connectivity index (χ4n) is 2.38. The topological polar surface area (TPSA) is 87.8 Å². The molecule has 2 aromatic rings. The van der Waals surface area contributed by atoms with E-state index in [2.05, 4.69) is 4.98 Å². The van der Waals surface area contributed by atoms with E-state index in [1.165, 1.54) is 7.05 Å². The molecule has 110 valence electrons. The molecule has 2 heterocycles. The van der Waals surface area contributed by atoms with Gasteiger partial charge in [-0.25, -0.2) is 9.78 Å². The van der Waals surface area contributed by atoms with Gasteiger partial charge in [0.1, 0.15) is 5.82 Å². The Morgan fingerprint density at radius 2 is 1.75 bits per heavy atom. The van der Waals surface area contributed by atoms with Crippen molar-refractivity contribution in [3.05, 3.63) is 26.7 Å². The average Bonchev–Trinajstić information content (AvgIpc) is 2.69. The maximum Gasteiger partial charge on any atom is 0.332 e. The molecule has 2 N–H and O–H groups in total. The van der Waals surface area contributed by atoms with Gasteiger partial charge in [-0.15, -0.1) is 0 Å². The first-order valence-corrected chi connectivity index (χ1v) is 6.67. The molecule has 0 aliphatic rings. The summed E-state index contributed by atoms with van der Waals surface area (Å²) in [5, 5.41) is 0. The van der Waals surface area contributed by atoms with Crippen molar-refractivity contribution in [3.8, 4) is 0 Å². The van der Waals surface area contributed by atoms with Gasteiger partial charge < -0.3 is 10.3 Å². The van der Waals surface area contributed by atoms with Crippen LogP contribution < -0.4 is 17.0 Å². The average molecular weight is 279 g/mol. The van der Waals surface area contributed by atoms with E-state index in [0.717, 1.165) is 4.57 Å². The third kappa shape index (κ3) is 2.07. The Morgan fingerprint density at radius 1 is 1.15 bits per heavy atom. The quantitative estimate of drug-likeness (QED) is 0.863. The lowest BCUT2D eigenvalue weighted by molar-refractivity contribution is 0.500. The normalized spacial score (nSPS) is 13.3. The van der Waals surface area contributed by atoms with Crippen molar-refractivity contribution < 1.29 is 0 Å². The van der Waals surface area contributed by atoms with E-state index in [-0.39, 0.29) is 23.2 Å². The van der Waals surface area contributed by atoms with Gasteiger partial charge in [0.25, 0.3) is 5.56 Å². The van der Waals surface area contributed by atoms with Crippen LogP contribution in [-0.4, -0.2) is 18.7 Å². The van der Waals surface area contributed by atoms with Crippen LogP contribution in [0.1, 0.15) is 32.6 Å². The first-order valence-electron chi connectivity index (χ1n) is 6.67. The van der Waals surface area contributed by atoms with Gasteiger partial charge in [0.2, 0.25) is 0 Å². The summed E-state index contributed by atoms with van der Waals surface area (Å²) in [5.41, 5.74) is 6.03. The van der Waals surface area contributed by atoms with Crippen molar-refractivity contribution in [1.29, 1.82) is 0 Å². The van der Waals surface area contributed by atoms with Crippen LogP contribution in [-0.2, 0) is 20.6 Å². The molecule has 2 aromatic heterocycles. The van der Waals surface area contributed by atoms with Gasteiger partial charge in [0.15, 0.2) is 11.2 Å². The van der Waals surface area contributed by atoms with Gasteiger partial charge >= 0.3 is 5.69 Å². The van der Waals surface area contributed by atoms with Crippen LogP contribution in [0.25, 0.3) is 11.2 Å². The molecule has 0 saturated carbocycles. The summed E-state index contributed by atoms with van der Waals surface area (Å²) < 4.78 is 4.35. The molecule has 2 rings (SSSR count). The predicted octanol–water partition coefficient (Wildman–Crippen LogP) is 0.109. The van der Waals surface area contributed by atoms with E-state index >= 15 is 0 Å². The smallest absolute Gasteiger partial charge is 0.324 e. The van der Waals surface area contributed by atoms with E-state index in [9.17, 15) is 9.59 Å². The van der Waals surface area contributed by atoms with Gasteiger partial charge in [-0.05, 0) is 12.8 Å². The highest BCUT2D eigenvalue weighted by Crippen LogP contribution is 2.15. The number of nitrogens with zero attached hydrogens (tertiary/aromatic N) is 4. The van der Waals surface area contributed by atoms with E-state index in [1.54, 1.807) is 23.1 Å². The molecule has 0 radical (unpaired) electrons. The number of fused-ring (bicyclic) bond motifs is 1. The van der Waals surface area contributed by atoms with Crippen molar-refractivity contribution in [2.45, 2.75) is 33.4 Å². The molecule has 0 saturated heterocycles. The fraction of sp³-hybridized carbons (Fsp3) is 0.615. The van der Waals surface area contributed by atoms with Crippen molar-refractivity contribution in [3.63, 3.8) is 0 Å². The van der Waals surface area contributed by atoms with Crippen LogP contribution in [0.2, 0.25) is 0 Å². The Bertz CT molecular complexity index is 764. The number of imidazole rings is 1. The third-order valence-corrected chi connectivity index (χ3v) is 3.35. The number of nitrogens with two attached hydrogens (primary N) is 1. The number of rotatable bonds is 3. The zero-order chi connectivity index (χ0) is 15.2. The highest BCUT2D eigenvalue weighted by atomic mass is 16.2. The van der Waals surface area contributed by atoms with Gasteiger partial charge in [-0.1, -0.05) is 13.8 Å². The second kappa shape index (κ2) is 4.90. The second-order valence-electron chi connectivity index (χ2n) is 5.64. The lowest BCUT2D eigenvalue weighted by atomic mass is 10.2. The molecule has 7 nitrogen and oxygen atoms in total. The summed E-state index contributed by atoms with van der Waals surface area (Å²) in [5.74, 6) is 0.870. The summed E-state index contributed by atoms with van der Waals surface area (Å²) in [4.78, 5) is 29.0. The number of hydrogen-bond acceptors (Lipinski definition) is 4. The predicted molar refractivity (Wildman–Crippen MR) is 77.7 cm³/mol. The van der Waals surface area contributed by atoms with Crippen LogP contribution in [0.15, 0.2) is 9.59 Å². The second-order valence-corrected chi connectivity index (χ2v) is 5.64. The minimum atomic E-state index is -0.342. The van der Waals surface area contributed by atoms with E-state index in [1.807, 2.05) is 13.8 Å². The van der Waals surface area contributed by atoms with E-state index in [4.69, 9.17) is 5.73 Å². The monoisotopic (exact) mass is 279 g/mol. The number of aromatic nitrogens is 4. The molecule has 20 heavy (non-hydrogen) atoms. The lowest BCUT2D eigenvalue weighted by Gasteiger charge is -2.11. The Morgan fingerprint density at radius 3 is 2.25 bits per heavy atom. The largest absolute Gasteiger partial charge is 0.332 e. The number of aryl methyl sites for hydroxylation is 1. The fourth-order valence-corrected chi connectivity index (χ4v) is 2.38. The van der Waals surface area contributed by atoms with Crippen molar-refractivity contribution >= 4 is 11.2 Å². The van der Waals surface area contributed by atoms with Crippen molar-refractivity contribution in [2.24, 2.45) is 25.7 Å². The molecule has 0 fully saturated rings. The molecule has 7 heteroatoms. The molecular weight excluding hydrogens is 258 g/mol. The maximum absolute atomic E-state index is 12.3. The Labute approximate surface area is 116 Å². The van der Waals surface area contributed by atoms with Crippen LogP contribution in [0.5, 0.6) is 0 Å². The summed E-state index contributed by atoms with van der Waals surface area (Å²) in [6.07, 6.45) is 0. The van der Waals surface area contributed by atoms with Crippen LogP contribution in [0, 0.1) is 5.92 Å². The molecule has 0 aliphatic heterocycles. The van der Waals surface area contributed by atoms with Crippen LogP contribution in [0.3, 0.4) is 0 Å². The molecule has 0 amide bonds. The van der Waals surface area contributed by atoms with Crippen LogP contribution >= 0.6 is 0 Å². The van der Waals surface area contributed by atoms with Crippen LogP contribution in [0.4, 0.5) is 0 Å². The summed E-state index contributed by atoms with van der Waals surface area (Å²) in [6.45, 7) is 6.34. The maximum atomic E-state index is 12.3. The SMILES string of the molecule is CC(C)Cn1c(=O)n(C)c(=O)c2c1nc(C(C)N)n2C. The van der Waals surface area contributed by atoms with Gasteiger partial charge in [-0.2, -0.15) is 0 Å². The molecule has 0 bridgehead atoms. The Kier molecular flexibility index (Phi) is 3.56.